The molecule has 52 valence electrons. The van der Waals surface area contributed by atoms with E-state index in [0.717, 1.165) is 0 Å². The Morgan fingerprint density at radius 2 is 1.70 bits per heavy atom. The lowest BCUT2D eigenvalue weighted by Gasteiger charge is -1.88. The van der Waals surface area contributed by atoms with Crippen molar-refractivity contribution >= 4 is 5.69 Å². The number of anilines is 1. The molecule has 0 aromatic heterocycles. The molecule has 0 atom stereocenters. The van der Waals surface area contributed by atoms with E-state index in [-0.39, 0.29) is 6.15 Å². The summed E-state index contributed by atoms with van der Waals surface area (Å²) in [5.41, 5.74) is 6.70. The summed E-state index contributed by atoms with van der Waals surface area (Å²) in [5, 5.41) is 8.34. The lowest BCUT2D eigenvalue weighted by Crippen LogP contribution is -1.82. The molecule has 1 rings (SSSR count). The SMILES string of the molecule is N.N#Cc1ccc(N)cc1. The quantitative estimate of drug-likeness (QED) is 0.526. The second kappa shape index (κ2) is 3.49. The zero-order valence-corrected chi connectivity index (χ0v) is 5.54. The number of nitrogens with two attached hydrogens (primary N) is 1. The van der Waals surface area contributed by atoms with Crippen LogP contribution in [0.1, 0.15) is 5.56 Å². The fraction of sp³-hybridized carbons (Fsp3) is 0. The monoisotopic (exact) mass is 135 g/mol. The van der Waals surface area contributed by atoms with Crippen LogP contribution in [-0.2, 0) is 0 Å². The average Bonchev–Trinajstić information content (AvgIpc) is 1.90. The molecule has 5 N–H and O–H groups in total. The van der Waals surface area contributed by atoms with Gasteiger partial charge >= 0.3 is 0 Å². The topological polar surface area (TPSA) is 84.8 Å². The van der Waals surface area contributed by atoms with E-state index in [1.807, 2.05) is 6.07 Å². The van der Waals surface area contributed by atoms with Gasteiger partial charge in [-0.15, -0.1) is 0 Å². The number of nitrogen functional groups attached to an aromatic ring is 1. The Morgan fingerprint density at radius 3 is 2.10 bits per heavy atom. The third kappa shape index (κ3) is 1.77. The molecule has 0 spiro atoms. The van der Waals surface area contributed by atoms with Gasteiger partial charge in [0.25, 0.3) is 0 Å². The second-order valence-electron chi connectivity index (χ2n) is 1.73. The van der Waals surface area contributed by atoms with Crippen molar-refractivity contribution in [3.05, 3.63) is 29.8 Å². The maximum Gasteiger partial charge on any atom is 0.0991 e. The van der Waals surface area contributed by atoms with Gasteiger partial charge in [-0.3, -0.25) is 0 Å². The maximum absolute atomic E-state index is 8.34. The lowest BCUT2D eigenvalue weighted by atomic mass is 10.2. The molecule has 0 aliphatic heterocycles. The molecule has 3 heteroatoms. The van der Waals surface area contributed by atoms with Gasteiger partial charge in [0.15, 0.2) is 0 Å². The first kappa shape index (κ1) is 8.47. The zero-order valence-electron chi connectivity index (χ0n) is 5.54. The van der Waals surface area contributed by atoms with Crippen LogP contribution in [0.25, 0.3) is 0 Å². The maximum atomic E-state index is 8.34. The first-order chi connectivity index (χ1) is 4.33. The molecule has 0 fully saturated rings. The van der Waals surface area contributed by atoms with Crippen molar-refractivity contribution in [2.45, 2.75) is 0 Å². The van der Waals surface area contributed by atoms with E-state index >= 15 is 0 Å². The van der Waals surface area contributed by atoms with E-state index in [1.54, 1.807) is 24.3 Å². The molecular weight excluding hydrogens is 126 g/mol. The van der Waals surface area contributed by atoms with Crippen LogP contribution >= 0.6 is 0 Å². The van der Waals surface area contributed by atoms with Crippen LogP contribution in [0.15, 0.2) is 24.3 Å². The van der Waals surface area contributed by atoms with E-state index in [9.17, 15) is 0 Å². The fourth-order valence-corrected chi connectivity index (χ4v) is 0.558. The van der Waals surface area contributed by atoms with Gasteiger partial charge in [-0.2, -0.15) is 5.26 Å². The van der Waals surface area contributed by atoms with E-state index in [0.29, 0.717) is 11.3 Å². The standard InChI is InChI=1S/C7H6N2.H3N/c8-5-6-1-3-7(9)4-2-6;/h1-4H,9H2;1H3. The fourth-order valence-electron chi connectivity index (χ4n) is 0.558. The van der Waals surface area contributed by atoms with E-state index in [1.165, 1.54) is 0 Å². The predicted octanol–water partition coefficient (Wildman–Crippen LogP) is 1.30. The van der Waals surface area contributed by atoms with E-state index in [4.69, 9.17) is 11.0 Å². The molecule has 10 heavy (non-hydrogen) atoms. The van der Waals surface area contributed by atoms with Gasteiger partial charge in [-0.1, -0.05) is 0 Å². The van der Waals surface area contributed by atoms with Crippen LogP contribution < -0.4 is 11.9 Å². The molecule has 0 saturated heterocycles. The highest BCUT2D eigenvalue weighted by atomic mass is 14.5. The molecular formula is C7H9N3. The third-order valence-electron chi connectivity index (χ3n) is 1.04. The molecule has 0 aliphatic carbocycles. The van der Waals surface area contributed by atoms with Crippen molar-refractivity contribution in [3.63, 3.8) is 0 Å². The van der Waals surface area contributed by atoms with Crippen LogP contribution in [0, 0.1) is 11.3 Å². The van der Waals surface area contributed by atoms with E-state index < -0.39 is 0 Å². The molecule has 0 radical (unpaired) electrons. The summed E-state index contributed by atoms with van der Waals surface area (Å²) in [6.45, 7) is 0. The Kier molecular flexibility index (Phi) is 2.95. The van der Waals surface area contributed by atoms with Gasteiger partial charge in [0, 0.05) is 5.69 Å². The molecule has 1 aromatic carbocycles. The smallest absolute Gasteiger partial charge is 0.0991 e. The molecule has 0 unspecified atom stereocenters. The molecule has 0 amide bonds. The average molecular weight is 135 g/mol. The Morgan fingerprint density at radius 1 is 1.20 bits per heavy atom. The number of hydrogen-bond donors (Lipinski definition) is 2. The van der Waals surface area contributed by atoms with Crippen molar-refractivity contribution in [2.24, 2.45) is 0 Å². The largest absolute Gasteiger partial charge is 0.399 e. The van der Waals surface area contributed by atoms with Crippen molar-refractivity contribution < 1.29 is 0 Å². The zero-order chi connectivity index (χ0) is 6.69. The highest BCUT2D eigenvalue weighted by Crippen LogP contribution is 2.02. The van der Waals surface area contributed by atoms with Crippen molar-refractivity contribution in [2.75, 3.05) is 5.73 Å². The van der Waals surface area contributed by atoms with Crippen molar-refractivity contribution in [3.8, 4) is 6.07 Å². The molecule has 0 saturated carbocycles. The molecule has 0 bridgehead atoms. The van der Waals surface area contributed by atoms with Crippen LogP contribution in [0.4, 0.5) is 5.69 Å². The minimum Gasteiger partial charge on any atom is -0.399 e. The number of benzene rings is 1. The van der Waals surface area contributed by atoms with Crippen LogP contribution in [0.3, 0.4) is 0 Å². The van der Waals surface area contributed by atoms with Gasteiger partial charge in [-0.05, 0) is 24.3 Å². The summed E-state index contributed by atoms with van der Waals surface area (Å²) < 4.78 is 0. The summed E-state index contributed by atoms with van der Waals surface area (Å²) in [5.74, 6) is 0. The molecule has 1 aromatic rings. The first-order valence-electron chi connectivity index (χ1n) is 2.58. The van der Waals surface area contributed by atoms with Gasteiger partial charge in [0.05, 0.1) is 11.6 Å². The number of rotatable bonds is 0. The summed E-state index contributed by atoms with van der Waals surface area (Å²) in [7, 11) is 0. The van der Waals surface area contributed by atoms with Crippen molar-refractivity contribution in [1.29, 1.82) is 5.26 Å². The Balaban J connectivity index is 0.000000810. The van der Waals surface area contributed by atoms with Gasteiger partial charge in [0.2, 0.25) is 0 Å². The Bertz CT molecular complexity index is 232. The molecule has 0 heterocycles. The summed E-state index contributed by atoms with van der Waals surface area (Å²) in [4.78, 5) is 0. The predicted molar refractivity (Wildman–Crippen MR) is 40.6 cm³/mol. The van der Waals surface area contributed by atoms with Gasteiger partial charge in [-0.25, -0.2) is 0 Å². The van der Waals surface area contributed by atoms with Crippen LogP contribution in [-0.4, -0.2) is 0 Å². The summed E-state index contributed by atoms with van der Waals surface area (Å²) in [6.07, 6.45) is 0. The van der Waals surface area contributed by atoms with Crippen molar-refractivity contribution in [1.82, 2.24) is 6.15 Å². The number of nitrogens with zero attached hydrogens (tertiary/aromatic N) is 1. The first-order valence-corrected chi connectivity index (χ1v) is 2.58. The number of hydrogen-bond acceptors (Lipinski definition) is 3. The minimum absolute atomic E-state index is 0. The van der Waals surface area contributed by atoms with Crippen LogP contribution in [0.5, 0.6) is 0 Å². The highest BCUT2D eigenvalue weighted by molar-refractivity contribution is 5.42. The normalized spacial score (nSPS) is 7.50. The minimum atomic E-state index is 0. The Hall–Kier alpha value is -1.53. The lowest BCUT2D eigenvalue weighted by molar-refractivity contribution is 1.49. The van der Waals surface area contributed by atoms with Gasteiger partial charge in [0.1, 0.15) is 0 Å². The van der Waals surface area contributed by atoms with Gasteiger partial charge < -0.3 is 11.9 Å². The summed E-state index contributed by atoms with van der Waals surface area (Å²) >= 11 is 0. The number of nitriles is 1. The second-order valence-corrected chi connectivity index (χ2v) is 1.73. The van der Waals surface area contributed by atoms with Crippen LogP contribution in [0.2, 0.25) is 0 Å². The third-order valence-corrected chi connectivity index (χ3v) is 1.04. The molecule has 0 aliphatic rings. The summed E-state index contributed by atoms with van der Waals surface area (Å²) in [6, 6.07) is 8.79. The van der Waals surface area contributed by atoms with E-state index in [2.05, 4.69) is 0 Å². The highest BCUT2D eigenvalue weighted by Gasteiger charge is 1.85. The Labute approximate surface area is 59.7 Å². The molecule has 3 nitrogen and oxygen atoms in total.